The Morgan fingerprint density at radius 1 is 0.821 bits per heavy atom. The first-order valence-electron chi connectivity index (χ1n) is 11.5. The van der Waals surface area contributed by atoms with E-state index < -0.39 is 0 Å². The van der Waals surface area contributed by atoms with Crippen LogP contribution in [0, 0.1) is 17.8 Å². The Morgan fingerprint density at radius 3 is 1.86 bits per heavy atom. The number of rotatable bonds is 18. The highest BCUT2D eigenvalue weighted by atomic mass is 16.5. The average molecular weight is 398 g/mol. The fourth-order valence-corrected chi connectivity index (χ4v) is 3.58. The first-order chi connectivity index (χ1) is 13.2. The molecule has 0 amide bonds. The predicted octanol–water partition coefficient (Wildman–Crippen LogP) is 4.47. The van der Waals surface area contributed by atoms with Crippen molar-refractivity contribution < 1.29 is 4.74 Å². The first-order valence-corrected chi connectivity index (χ1v) is 11.5. The molecule has 0 heterocycles. The van der Waals surface area contributed by atoms with E-state index in [9.17, 15) is 0 Å². The maximum absolute atomic E-state index is 6.00. The van der Waals surface area contributed by atoms with Gasteiger partial charge in [0.15, 0.2) is 0 Å². The fourth-order valence-electron chi connectivity index (χ4n) is 3.58. The van der Waals surface area contributed by atoms with Crippen LogP contribution in [0.2, 0.25) is 0 Å². The quantitative estimate of drug-likeness (QED) is 0.318. The molecule has 0 bridgehead atoms. The number of hydrogen-bond acceptors (Lipinski definition) is 4. The molecule has 1 unspecified atom stereocenters. The standard InChI is InChI=1S/C24H51N3O/c1-10-12-23(7)20-28-24(8)19-25(9)13-14-26(11-2)15-16-27(17-21(3)4)18-22(5)6/h10,21-24H,1,11-20H2,2-9H3/t23-,24?/m1/s1. The molecular formula is C24H51N3O. The molecule has 0 aromatic carbocycles. The Balaban J connectivity index is 4.20. The van der Waals surface area contributed by atoms with E-state index in [0.717, 1.165) is 57.6 Å². The van der Waals surface area contributed by atoms with Gasteiger partial charge in [-0.2, -0.15) is 0 Å². The van der Waals surface area contributed by atoms with Gasteiger partial charge in [0.05, 0.1) is 6.10 Å². The lowest BCUT2D eigenvalue weighted by Gasteiger charge is -2.30. The van der Waals surface area contributed by atoms with Crippen LogP contribution in [-0.4, -0.2) is 86.8 Å². The monoisotopic (exact) mass is 397 g/mol. The third-order valence-electron chi connectivity index (χ3n) is 5.03. The lowest BCUT2D eigenvalue weighted by Crippen LogP contribution is -2.42. The average Bonchev–Trinajstić information content (AvgIpc) is 2.59. The molecule has 4 heteroatoms. The lowest BCUT2D eigenvalue weighted by atomic mass is 10.1. The zero-order valence-electron chi connectivity index (χ0n) is 20.4. The highest BCUT2D eigenvalue weighted by Gasteiger charge is 2.13. The highest BCUT2D eigenvalue weighted by Crippen LogP contribution is 2.06. The van der Waals surface area contributed by atoms with Gasteiger partial charge in [0.1, 0.15) is 0 Å². The molecule has 0 saturated carbocycles. The molecule has 0 spiro atoms. The summed E-state index contributed by atoms with van der Waals surface area (Å²) in [5.41, 5.74) is 0. The molecule has 0 aliphatic heterocycles. The highest BCUT2D eigenvalue weighted by molar-refractivity contribution is 4.71. The van der Waals surface area contributed by atoms with Crippen LogP contribution in [0.3, 0.4) is 0 Å². The van der Waals surface area contributed by atoms with E-state index in [4.69, 9.17) is 4.74 Å². The van der Waals surface area contributed by atoms with Crippen molar-refractivity contribution >= 4 is 0 Å². The molecule has 0 aliphatic rings. The summed E-state index contributed by atoms with van der Waals surface area (Å²) in [6.07, 6.45) is 3.28. The Hall–Kier alpha value is -0.420. The minimum atomic E-state index is 0.278. The van der Waals surface area contributed by atoms with Gasteiger partial charge < -0.3 is 19.4 Å². The van der Waals surface area contributed by atoms with Crippen LogP contribution in [0.4, 0.5) is 0 Å². The van der Waals surface area contributed by atoms with E-state index in [1.165, 1.54) is 19.6 Å². The summed E-state index contributed by atoms with van der Waals surface area (Å²) < 4.78 is 6.00. The van der Waals surface area contributed by atoms with Crippen molar-refractivity contribution in [3.05, 3.63) is 12.7 Å². The summed E-state index contributed by atoms with van der Waals surface area (Å²) in [6, 6.07) is 0. The zero-order valence-corrected chi connectivity index (χ0v) is 20.4. The second-order valence-corrected chi connectivity index (χ2v) is 9.52. The van der Waals surface area contributed by atoms with E-state index in [1.807, 2.05) is 6.08 Å². The molecule has 0 fully saturated rings. The van der Waals surface area contributed by atoms with Gasteiger partial charge in [0.25, 0.3) is 0 Å². The van der Waals surface area contributed by atoms with E-state index in [2.05, 4.69) is 76.8 Å². The van der Waals surface area contributed by atoms with Crippen molar-refractivity contribution in [3.63, 3.8) is 0 Å². The molecule has 4 nitrogen and oxygen atoms in total. The molecule has 0 aromatic heterocycles. The molecule has 168 valence electrons. The van der Waals surface area contributed by atoms with Crippen molar-refractivity contribution in [1.82, 2.24) is 14.7 Å². The minimum absolute atomic E-state index is 0.278. The number of allylic oxidation sites excluding steroid dienone is 1. The maximum atomic E-state index is 6.00. The fraction of sp³-hybridized carbons (Fsp3) is 0.917. The molecule has 0 radical (unpaired) electrons. The van der Waals surface area contributed by atoms with Crippen molar-refractivity contribution in [2.75, 3.05) is 66.0 Å². The number of ether oxygens (including phenoxy) is 1. The van der Waals surface area contributed by atoms with Gasteiger partial charge in [-0.15, -0.1) is 6.58 Å². The van der Waals surface area contributed by atoms with E-state index in [1.54, 1.807) is 0 Å². The van der Waals surface area contributed by atoms with Crippen molar-refractivity contribution in [3.8, 4) is 0 Å². The zero-order chi connectivity index (χ0) is 21.5. The van der Waals surface area contributed by atoms with Crippen LogP contribution in [0.15, 0.2) is 12.7 Å². The lowest BCUT2D eigenvalue weighted by molar-refractivity contribution is 0.0241. The summed E-state index contributed by atoms with van der Waals surface area (Å²) in [4.78, 5) is 7.63. The second kappa shape index (κ2) is 16.4. The third-order valence-corrected chi connectivity index (χ3v) is 5.03. The largest absolute Gasteiger partial charge is 0.377 e. The SMILES string of the molecule is C=CC[C@@H](C)COC(C)CN(C)CCN(CC)CCN(CC(C)C)CC(C)C. The van der Waals surface area contributed by atoms with E-state index >= 15 is 0 Å². The molecule has 0 rings (SSSR count). The Bertz CT molecular complexity index is 363. The maximum Gasteiger partial charge on any atom is 0.0673 e. The van der Waals surface area contributed by atoms with Crippen LogP contribution < -0.4 is 0 Å². The Kier molecular flexibility index (Phi) is 16.1. The summed E-state index contributed by atoms with van der Waals surface area (Å²) >= 11 is 0. The molecule has 0 N–H and O–H groups in total. The van der Waals surface area contributed by atoms with E-state index in [0.29, 0.717) is 5.92 Å². The van der Waals surface area contributed by atoms with Gasteiger partial charge in [-0.05, 0) is 44.7 Å². The van der Waals surface area contributed by atoms with Gasteiger partial charge in [-0.3, -0.25) is 0 Å². The van der Waals surface area contributed by atoms with Gasteiger partial charge in [0.2, 0.25) is 0 Å². The van der Waals surface area contributed by atoms with Crippen LogP contribution in [0.1, 0.15) is 54.9 Å². The first kappa shape index (κ1) is 27.6. The Morgan fingerprint density at radius 2 is 1.36 bits per heavy atom. The number of nitrogens with zero attached hydrogens (tertiary/aromatic N) is 3. The van der Waals surface area contributed by atoms with E-state index in [-0.39, 0.29) is 6.10 Å². The van der Waals surface area contributed by atoms with Gasteiger partial charge >= 0.3 is 0 Å². The van der Waals surface area contributed by atoms with Gasteiger partial charge in [-0.1, -0.05) is 47.6 Å². The predicted molar refractivity (Wildman–Crippen MR) is 125 cm³/mol. The molecule has 0 aromatic rings. The van der Waals surface area contributed by atoms with Crippen LogP contribution >= 0.6 is 0 Å². The van der Waals surface area contributed by atoms with Crippen LogP contribution in [0.5, 0.6) is 0 Å². The second-order valence-electron chi connectivity index (χ2n) is 9.52. The molecule has 28 heavy (non-hydrogen) atoms. The summed E-state index contributed by atoms with van der Waals surface area (Å²) in [7, 11) is 2.21. The van der Waals surface area contributed by atoms with Crippen molar-refractivity contribution in [2.24, 2.45) is 17.8 Å². The van der Waals surface area contributed by atoms with Crippen molar-refractivity contribution in [1.29, 1.82) is 0 Å². The normalized spacial score (nSPS) is 14.6. The molecule has 0 saturated heterocycles. The van der Waals surface area contributed by atoms with Gasteiger partial charge in [-0.25, -0.2) is 0 Å². The topological polar surface area (TPSA) is 19.0 Å². The Labute approximate surface area is 177 Å². The molecule has 2 atom stereocenters. The van der Waals surface area contributed by atoms with Crippen LogP contribution in [0.25, 0.3) is 0 Å². The number of hydrogen-bond donors (Lipinski definition) is 0. The third kappa shape index (κ3) is 15.5. The summed E-state index contributed by atoms with van der Waals surface area (Å²) in [5, 5.41) is 0. The van der Waals surface area contributed by atoms with Crippen LogP contribution in [-0.2, 0) is 4.74 Å². The summed E-state index contributed by atoms with van der Waals surface area (Å²) in [6.45, 7) is 29.7. The molecule has 0 aliphatic carbocycles. The summed E-state index contributed by atoms with van der Waals surface area (Å²) in [5.74, 6) is 2.02. The smallest absolute Gasteiger partial charge is 0.0673 e. The molecular weight excluding hydrogens is 346 g/mol. The van der Waals surface area contributed by atoms with Crippen molar-refractivity contribution in [2.45, 2.75) is 61.0 Å². The van der Waals surface area contributed by atoms with Gasteiger partial charge in [0, 0.05) is 52.4 Å². The number of likely N-dealkylation sites (N-methyl/N-ethyl adjacent to an activating group) is 2. The minimum Gasteiger partial charge on any atom is -0.377 e.